The molecule has 2 atom stereocenters. The number of rotatable bonds is 12. The zero-order valence-electron chi connectivity index (χ0n) is 21.0. The second kappa shape index (κ2) is 16.8. The van der Waals surface area contributed by atoms with Crippen LogP contribution >= 0.6 is 0 Å². The molecular formula is C22H35NO12S. The van der Waals surface area contributed by atoms with E-state index in [1.54, 1.807) is 0 Å². The first-order chi connectivity index (χ1) is 16.6. The molecule has 0 aromatic heterocycles. The number of ether oxygens (including phenoxy) is 5. The van der Waals surface area contributed by atoms with E-state index in [0.717, 1.165) is 13.1 Å². The Balaban J connectivity index is 0.000000846. The van der Waals surface area contributed by atoms with Crippen molar-refractivity contribution < 1.29 is 55.8 Å². The highest BCUT2D eigenvalue weighted by molar-refractivity contribution is 7.85. The maximum absolute atomic E-state index is 11.5. The Morgan fingerprint density at radius 3 is 1.58 bits per heavy atom. The van der Waals surface area contributed by atoms with Crippen molar-refractivity contribution in [3.8, 4) is 0 Å². The fourth-order valence-corrected chi connectivity index (χ4v) is 2.80. The third-order valence-electron chi connectivity index (χ3n) is 4.14. The third kappa shape index (κ3) is 17.6. The highest BCUT2D eigenvalue weighted by Crippen LogP contribution is 2.06. The molecule has 1 aliphatic rings. The van der Waals surface area contributed by atoms with E-state index in [0.29, 0.717) is 19.8 Å². The molecule has 0 bridgehead atoms. The van der Waals surface area contributed by atoms with Gasteiger partial charge in [-0.05, 0) is 13.8 Å². The zero-order chi connectivity index (χ0) is 27.9. The van der Waals surface area contributed by atoms with Gasteiger partial charge in [-0.25, -0.2) is 9.59 Å². The maximum atomic E-state index is 11.5. The van der Waals surface area contributed by atoms with E-state index in [4.69, 9.17) is 28.2 Å². The van der Waals surface area contributed by atoms with E-state index >= 15 is 0 Å². The first-order valence-electron chi connectivity index (χ1n) is 11.0. The summed E-state index contributed by atoms with van der Waals surface area (Å²) in [7, 11) is -3.81. The van der Waals surface area contributed by atoms with Crippen molar-refractivity contribution in [3.05, 3.63) is 24.3 Å². The van der Waals surface area contributed by atoms with Gasteiger partial charge in [-0.2, -0.15) is 8.42 Å². The average Bonchev–Trinajstić information content (AvgIpc) is 2.76. The van der Waals surface area contributed by atoms with Gasteiger partial charge in [0.1, 0.15) is 0 Å². The SMILES string of the molecule is C=C(C)C(=O)OC(C)OC(=O)CCC(=O)OC(C)OC(=O)C(=C)C.O=S(=O)(O)CCN1CCOCC1. The maximum Gasteiger partial charge on any atom is 0.336 e. The summed E-state index contributed by atoms with van der Waals surface area (Å²) in [4.78, 5) is 47.4. The van der Waals surface area contributed by atoms with Crippen molar-refractivity contribution in [1.82, 2.24) is 4.90 Å². The molecule has 1 N–H and O–H groups in total. The molecule has 0 spiro atoms. The molecular weight excluding hydrogens is 502 g/mol. The normalized spacial score (nSPS) is 15.2. The predicted molar refractivity (Wildman–Crippen MR) is 126 cm³/mol. The second-order valence-electron chi connectivity index (χ2n) is 7.73. The molecule has 206 valence electrons. The molecule has 13 nitrogen and oxygen atoms in total. The lowest BCUT2D eigenvalue weighted by Gasteiger charge is -2.25. The monoisotopic (exact) mass is 537 g/mol. The minimum absolute atomic E-state index is 0.166. The lowest BCUT2D eigenvalue weighted by molar-refractivity contribution is -0.187. The van der Waals surface area contributed by atoms with E-state index in [2.05, 4.69) is 13.2 Å². The molecule has 0 aromatic carbocycles. The summed E-state index contributed by atoms with van der Waals surface area (Å²) in [6, 6.07) is 0. The minimum atomic E-state index is -3.81. The number of carbonyl (C=O) groups excluding carboxylic acids is 4. The van der Waals surface area contributed by atoms with Crippen LogP contribution in [0.15, 0.2) is 24.3 Å². The van der Waals surface area contributed by atoms with E-state index in [9.17, 15) is 27.6 Å². The van der Waals surface area contributed by atoms with Crippen LogP contribution in [0.25, 0.3) is 0 Å². The fourth-order valence-electron chi connectivity index (χ4n) is 2.31. The average molecular weight is 538 g/mol. The number of esters is 4. The molecule has 0 aromatic rings. The van der Waals surface area contributed by atoms with E-state index in [-0.39, 0.29) is 29.7 Å². The first-order valence-corrected chi connectivity index (χ1v) is 12.6. The summed E-state index contributed by atoms with van der Waals surface area (Å²) in [6.07, 6.45) is -2.77. The van der Waals surface area contributed by atoms with Gasteiger partial charge < -0.3 is 23.7 Å². The van der Waals surface area contributed by atoms with Gasteiger partial charge in [0.15, 0.2) is 0 Å². The van der Waals surface area contributed by atoms with E-state index in [1.807, 2.05) is 4.90 Å². The predicted octanol–water partition coefficient (Wildman–Crippen LogP) is 0.990. The van der Waals surface area contributed by atoms with Gasteiger partial charge in [0.25, 0.3) is 10.1 Å². The number of morpholine rings is 1. The van der Waals surface area contributed by atoms with Crippen molar-refractivity contribution >= 4 is 34.0 Å². The molecule has 0 saturated carbocycles. The highest BCUT2D eigenvalue weighted by Gasteiger charge is 2.18. The Kier molecular flexibility index (Phi) is 15.5. The van der Waals surface area contributed by atoms with Gasteiger partial charge in [0.2, 0.25) is 12.6 Å². The molecule has 36 heavy (non-hydrogen) atoms. The highest BCUT2D eigenvalue weighted by atomic mass is 32.2. The summed E-state index contributed by atoms with van der Waals surface area (Å²) < 4.78 is 53.4. The van der Waals surface area contributed by atoms with Crippen LogP contribution < -0.4 is 0 Å². The molecule has 1 saturated heterocycles. The first kappa shape index (κ1) is 33.2. The summed E-state index contributed by atoms with van der Waals surface area (Å²) >= 11 is 0. The quantitative estimate of drug-likeness (QED) is 0.162. The zero-order valence-corrected chi connectivity index (χ0v) is 21.8. The van der Waals surface area contributed by atoms with Crippen molar-refractivity contribution in [1.29, 1.82) is 0 Å². The van der Waals surface area contributed by atoms with E-state index < -0.39 is 46.6 Å². The summed E-state index contributed by atoms with van der Waals surface area (Å²) in [5.41, 5.74) is 0.333. The van der Waals surface area contributed by atoms with Gasteiger partial charge in [-0.15, -0.1) is 0 Å². The molecule has 2 unspecified atom stereocenters. The Morgan fingerprint density at radius 1 is 0.861 bits per heavy atom. The summed E-state index contributed by atoms with van der Waals surface area (Å²) in [5.74, 6) is -3.07. The molecule has 1 rings (SSSR count). The van der Waals surface area contributed by atoms with Crippen LogP contribution in [0.2, 0.25) is 0 Å². The summed E-state index contributed by atoms with van der Waals surface area (Å²) in [6.45, 7) is 15.6. The van der Waals surface area contributed by atoms with Crippen molar-refractivity contribution in [2.24, 2.45) is 0 Å². The van der Waals surface area contributed by atoms with Crippen LogP contribution in [-0.2, 0) is 53.0 Å². The number of nitrogens with zero attached hydrogens (tertiary/aromatic N) is 1. The lowest BCUT2D eigenvalue weighted by Crippen LogP contribution is -2.38. The Labute approximate surface area is 211 Å². The molecule has 1 fully saturated rings. The topological polar surface area (TPSA) is 172 Å². The van der Waals surface area contributed by atoms with Crippen molar-refractivity contribution in [2.75, 3.05) is 38.6 Å². The number of carbonyl (C=O) groups is 4. The van der Waals surface area contributed by atoms with Crippen molar-refractivity contribution in [3.63, 3.8) is 0 Å². The molecule has 14 heteroatoms. The number of hydrogen-bond acceptors (Lipinski definition) is 12. The van der Waals surface area contributed by atoms with Gasteiger partial charge in [-0.1, -0.05) is 13.2 Å². The Morgan fingerprint density at radius 2 is 1.25 bits per heavy atom. The van der Waals surface area contributed by atoms with Crippen LogP contribution in [0.5, 0.6) is 0 Å². The Bertz CT molecular complexity index is 845. The van der Waals surface area contributed by atoms with Crippen LogP contribution in [0.4, 0.5) is 0 Å². The largest absolute Gasteiger partial charge is 0.425 e. The van der Waals surface area contributed by atoms with Crippen molar-refractivity contribution in [2.45, 2.75) is 53.1 Å². The fraction of sp³-hybridized carbons (Fsp3) is 0.636. The Hall–Kier alpha value is -2.81. The van der Waals surface area contributed by atoms with Crippen LogP contribution in [0.1, 0.15) is 40.5 Å². The van der Waals surface area contributed by atoms with Gasteiger partial charge in [0.05, 0.1) is 31.8 Å². The standard InChI is InChI=1S/C16H22O8.C6H13NO4S/c1-9(2)15(19)23-11(5)21-13(17)7-8-14(18)22-12(6)24-16(20)10(3)4;8-12(9,10)6-3-7-1-4-11-5-2-7/h11-12H,1,3,7-8H2,2,4-6H3;1-6H2,(H,8,9,10). The molecule has 0 amide bonds. The van der Waals surface area contributed by atoms with E-state index in [1.165, 1.54) is 27.7 Å². The van der Waals surface area contributed by atoms with Crippen LogP contribution in [-0.4, -0.2) is 92.9 Å². The third-order valence-corrected chi connectivity index (χ3v) is 4.84. The molecule has 1 heterocycles. The number of hydrogen-bond donors (Lipinski definition) is 1. The lowest BCUT2D eigenvalue weighted by atomic mass is 10.3. The van der Waals surface area contributed by atoms with Crippen LogP contribution in [0, 0.1) is 0 Å². The molecule has 0 radical (unpaired) electrons. The smallest absolute Gasteiger partial charge is 0.336 e. The summed E-state index contributed by atoms with van der Waals surface area (Å²) in [5, 5.41) is 0. The van der Waals surface area contributed by atoms with Gasteiger partial charge in [-0.3, -0.25) is 19.0 Å². The minimum Gasteiger partial charge on any atom is -0.425 e. The second-order valence-corrected chi connectivity index (χ2v) is 9.30. The van der Waals surface area contributed by atoms with Gasteiger partial charge in [0, 0.05) is 44.6 Å². The van der Waals surface area contributed by atoms with Gasteiger partial charge >= 0.3 is 23.9 Å². The molecule has 1 aliphatic heterocycles. The van der Waals surface area contributed by atoms with Crippen LogP contribution in [0.3, 0.4) is 0 Å². The molecule has 0 aliphatic carbocycles.